The van der Waals surface area contributed by atoms with E-state index in [-0.39, 0.29) is 6.10 Å². The molecule has 1 aliphatic heterocycles. The molecule has 6 nitrogen and oxygen atoms in total. The molecule has 0 saturated carbocycles. The minimum absolute atomic E-state index is 0.259. The third-order valence-corrected chi connectivity index (χ3v) is 6.26. The summed E-state index contributed by atoms with van der Waals surface area (Å²) in [6.45, 7) is 1.87. The summed E-state index contributed by atoms with van der Waals surface area (Å²) in [5, 5.41) is 1.11. The molecule has 1 amide bonds. The highest BCUT2D eigenvalue weighted by molar-refractivity contribution is 9.10. The van der Waals surface area contributed by atoms with Gasteiger partial charge in [-0.25, -0.2) is 9.18 Å². The molecule has 0 spiro atoms. The number of likely N-dealkylation sites (N-methyl/N-ethyl adjacent to an activating group) is 1. The Bertz CT molecular complexity index is 1130. The molecule has 3 aromatic rings. The van der Waals surface area contributed by atoms with Crippen LogP contribution in [0, 0.1) is 5.82 Å². The number of cyclic esters (lactones) is 1. The van der Waals surface area contributed by atoms with E-state index in [4.69, 9.17) is 9.47 Å². The van der Waals surface area contributed by atoms with Crippen LogP contribution in [-0.2, 0) is 11.2 Å². The Morgan fingerprint density at radius 2 is 2.16 bits per heavy atom. The van der Waals surface area contributed by atoms with Gasteiger partial charge in [0.1, 0.15) is 17.7 Å². The number of nitrogens with zero attached hydrogens (tertiary/aromatic N) is 3. The van der Waals surface area contributed by atoms with Gasteiger partial charge >= 0.3 is 6.09 Å². The number of methoxy groups -OCH3 is 1. The van der Waals surface area contributed by atoms with E-state index in [0.29, 0.717) is 23.2 Å². The number of pyridine rings is 1. The SMILES string of the molecule is COc1cnc2cccc(CCCN(C)CC3CN(c4ccc(Br)c(F)c4)C(=O)O3)c2c1. The van der Waals surface area contributed by atoms with Crippen LogP contribution in [0.25, 0.3) is 10.9 Å². The van der Waals surface area contributed by atoms with Gasteiger partial charge in [0, 0.05) is 11.9 Å². The minimum Gasteiger partial charge on any atom is -0.495 e. The molecule has 0 N–H and O–H groups in total. The largest absolute Gasteiger partial charge is 0.495 e. The molecular weight excluding hydrogens is 477 g/mol. The smallest absolute Gasteiger partial charge is 0.414 e. The normalized spacial score (nSPS) is 16.1. The van der Waals surface area contributed by atoms with E-state index < -0.39 is 11.9 Å². The molecule has 2 heterocycles. The first-order chi connectivity index (χ1) is 15.4. The van der Waals surface area contributed by atoms with Crippen molar-refractivity contribution in [3.05, 3.63) is 64.5 Å². The fourth-order valence-electron chi connectivity index (χ4n) is 3.98. The Morgan fingerprint density at radius 1 is 1.31 bits per heavy atom. The van der Waals surface area contributed by atoms with Gasteiger partial charge < -0.3 is 14.4 Å². The summed E-state index contributed by atoms with van der Waals surface area (Å²) in [5.74, 6) is 0.345. The van der Waals surface area contributed by atoms with Crippen LogP contribution in [-0.4, -0.2) is 55.9 Å². The van der Waals surface area contributed by atoms with Gasteiger partial charge in [-0.2, -0.15) is 0 Å². The predicted octanol–water partition coefficient (Wildman–Crippen LogP) is 5.03. The molecule has 8 heteroatoms. The summed E-state index contributed by atoms with van der Waals surface area (Å²) in [6.07, 6.45) is 2.89. The number of ether oxygens (including phenoxy) is 2. The van der Waals surface area contributed by atoms with Crippen molar-refractivity contribution < 1.29 is 18.7 Å². The topological polar surface area (TPSA) is 54.9 Å². The fraction of sp³-hybridized carbons (Fsp3) is 0.333. The number of rotatable bonds is 8. The molecule has 1 fully saturated rings. The Kier molecular flexibility index (Phi) is 6.91. The second-order valence-electron chi connectivity index (χ2n) is 7.94. The standard InChI is InChI=1S/C24H25BrFN3O3/c1-28(10-4-6-16-5-3-7-23-20(16)12-18(31-2)13-27-23)14-19-15-29(24(30)32-19)17-8-9-21(25)22(26)11-17/h3,5,7-9,11-13,19H,4,6,10,14-15H2,1-2H3. The van der Waals surface area contributed by atoms with Crippen LogP contribution in [0.3, 0.4) is 0 Å². The molecule has 1 unspecified atom stereocenters. The number of benzene rings is 2. The lowest BCUT2D eigenvalue weighted by Crippen LogP contribution is -2.33. The number of fused-ring (bicyclic) bond motifs is 1. The van der Waals surface area contributed by atoms with Crippen LogP contribution in [0.15, 0.2) is 53.1 Å². The molecule has 32 heavy (non-hydrogen) atoms. The Balaban J connectivity index is 1.31. The molecule has 0 bridgehead atoms. The Labute approximate surface area is 195 Å². The van der Waals surface area contributed by atoms with Crippen LogP contribution < -0.4 is 9.64 Å². The van der Waals surface area contributed by atoms with Crippen LogP contribution >= 0.6 is 15.9 Å². The highest BCUT2D eigenvalue weighted by atomic mass is 79.9. The van der Waals surface area contributed by atoms with Crippen LogP contribution in [0.1, 0.15) is 12.0 Å². The molecular formula is C24H25BrFN3O3. The Morgan fingerprint density at radius 3 is 2.94 bits per heavy atom. The zero-order chi connectivity index (χ0) is 22.7. The van der Waals surface area contributed by atoms with Gasteiger partial charge in [-0.1, -0.05) is 12.1 Å². The third kappa shape index (κ3) is 5.02. The lowest BCUT2D eigenvalue weighted by molar-refractivity contribution is 0.117. The van der Waals surface area contributed by atoms with E-state index in [2.05, 4.69) is 31.9 Å². The fourth-order valence-corrected chi connectivity index (χ4v) is 4.23. The molecule has 1 aromatic heterocycles. The Hall–Kier alpha value is -2.71. The highest BCUT2D eigenvalue weighted by Gasteiger charge is 2.33. The van der Waals surface area contributed by atoms with Gasteiger partial charge in [-0.05, 0) is 78.3 Å². The van der Waals surface area contributed by atoms with Crippen LogP contribution in [0.5, 0.6) is 5.75 Å². The minimum atomic E-state index is -0.442. The van der Waals surface area contributed by atoms with Gasteiger partial charge in [-0.3, -0.25) is 9.88 Å². The van der Waals surface area contributed by atoms with E-state index in [1.54, 1.807) is 25.4 Å². The summed E-state index contributed by atoms with van der Waals surface area (Å²) in [4.78, 5) is 20.4. The molecule has 1 atom stereocenters. The maximum Gasteiger partial charge on any atom is 0.414 e. The summed E-state index contributed by atoms with van der Waals surface area (Å²) < 4.78 is 25.0. The maximum absolute atomic E-state index is 13.8. The second kappa shape index (κ2) is 9.83. The zero-order valence-corrected chi connectivity index (χ0v) is 19.6. The van der Waals surface area contributed by atoms with Crippen molar-refractivity contribution in [1.82, 2.24) is 9.88 Å². The number of aromatic nitrogens is 1. The lowest BCUT2D eigenvalue weighted by Gasteiger charge is -2.20. The molecule has 1 aliphatic rings. The number of hydrogen-bond donors (Lipinski definition) is 0. The lowest BCUT2D eigenvalue weighted by atomic mass is 10.0. The monoisotopic (exact) mass is 501 g/mol. The number of hydrogen-bond acceptors (Lipinski definition) is 5. The summed E-state index contributed by atoms with van der Waals surface area (Å²) in [7, 11) is 3.66. The average molecular weight is 502 g/mol. The summed E-state index contributed by atoms with van der Waals surface area (Å²) >= 11 is 3.13. The zero-order valence-electron chi connectivity index (χ0n) is 18.1. The van der Waals surface area contributed by atoms with Crippen molar-refractivity contribution in [2.45, 2.75) is 18.9 Å². The van der Waals surface area contributed by atoms with Gasteiger partial charge in [0.2, 0.25) is 0 Å². The molecule has 1 saturated heterocycles. The molecule has 4 rings (SSSR count). The van der Waals surface area contributed by atoms with Gasteiger partial charge in [0.15, 0.2) is 0 Å². The number of amides is 1. The van der Waals surface area contributed by atoms with E-state index >= 15 is 0 Å². The third-order valence-electron chi connectivity index (χ3n) is 5.62. The number of aryl methyl sites for hydroxylation is 1. The van der Waals surface area contributed by atoms with Crippen molar-refractivity contribution in [2.75, 3.05) is 38.7 Å². The van der Waals surface area contributed by atoms with Crippen molar-refractivity contribution in [2.24, 2.45) is 0 Å². The first kappa shape index (κ1) is 22.5. The van der Waals surface area contributed by atoms with Crippen molar-refractivity contribution in [3.8, 4) is 5.75 Å². The number of carbonyl (C=O) groups is 1. The van der Waals surface area contributed by atoms with Crippen molar-refractivity contribution in [1.29, 1.82) is 0 Å². The molecule has 168 valence electrons. The number of halogens is 2. The van der Waals surface area contributed by atoms with Gasteiger partial charge in [0.25, 0.3) is 0 Å². The van der Waals surface area contributed by atoms with Crippen LogP contribution in [0.2, 0.25) is 0 Å². The van der Waals surface area contributed by atoms with E-state index in [1.165, 1.54) is 16.5 Å². The molecule has 0 radical (unpaired) electrons. The average Bonchev–Trinajstić information content (AvgIpc) is 3.15. The molecule has 0 aliphatic carbocycles. The van der Waals surface area contributed by atoms with E-state index in [9.17, 15) is 9.18 Å². The van der Waals surface area contributed by atoms with Gasteiger partial charge in [-0.15, -0.1) is 0 Å². The van der Waals surface area contributed by atoms with Crippen molar-refractivity contribution in [3.63, 3.8) is 0 Å². The molecule has 2 aromatic carbocycles. The summed E-state index contributed by atoms with van der Waals surface area (Å²) in [5.41, 5.74) is 2.69. The van der Waals surface area contributed by atoms with E-state index in [1.807, 2.05) is 25.2 Å². The first-order valence-corrected chi connectivity index (χ1v) is 11.3. The quantitative estimate of drug-likeness (QED) is 0.433. The van der Waals surface area contributed by atoms with E-state index in [0.717, 1.165) is 36.0 Å². The second-order valence-corrected chi connectivity index (χ2v) is 8.79. The maximum atomic E-state index is 13.8. The number of carbonyl (C=O) groups excluding carboxylic acids is 1. The highest BCUT2D eigenvalue weighted by Crippen LogP contribution is 2.26. The van der Waals surface area contributed by atoms with Gasteiger partial charge in [0.05, 0.1) is 35.5 Å². The van der Waals surface area contributed by atoms with Crippen molar-refractivity contribution >= 4 is 38.6 Å². The van der Waals surface area contributed by atoms with Crippen LogP contribution in [0.4, 0.5) is 14.9 Å². The predicted molar refractivity (Wildman–Crippen MR) is 126 cm³/mol. The summed E-state index contributed by atoms with van der Waals surface area (Å²) in [6, 6.07) is 12.8. The number of anilines is 1. The first-order valence-electron chi connectivity index (χ1n) is 10.5.